The first-order valence-corrected chi connectivity index (χ1v) is 6.51. The van der Waals surface area contributed by atoms with Crippen LogP contribution in [-0.4, -0.2) is 40.6 Å². The second-order valence-electron chi connectivity index (χ2n) is 4.62. The molecule has 0 spiro atoms. The van der Waals surface area contributed by atoms with Gasteiger partial charge >= 0.3 is 12.0 Å². The molecule has 1 aliphatic rings. The van der Waals surface area contributed by atoms with E-state index in [1.54, 1.807) is 4.90 Å². The van der Waals surface area contributed by atoms with Gasteiger partial charge < -0.3 is 15.3 Å². The standard InChI is InChI=1S/C13H22N2O3/c1-3-7-11(12(16)17)14-13(18)15-9-6-5-8-10(15)4-2/h3,10-11H,1,4-9H2,2H3,(H,14,18)(H,16,17). The number of urea groups is 1. The van der Waals surface area contributed by atoms with E-state index in [0.29, 0.717) is 6.54 Å². The molecule has 18 heavy (non-hydrogen) atoms. The lowest BCUT2D eigenvalue weighted by atomic mass is 10.0. The van der Waals surface area contributed by atoms with Crippen molar-refractivity contribution in [2.75, 3.05) is 6.54 Å². The number of nitrogens with one attached hydrogen (secondary N) is 1. The smallest absolute Gasteiger partial charge is 0.326 e. The second kappa shape index (κ2) is 7.03. The van der Waals surface area contributed by atoms with Crippen LogP contribution >= 0.6 is 0 Å². The van der Waals surface area contributed by atoms with Gasteiger partial charge in [0.15, 0.2) is 0 Å². The highest BCUT2D eigenvalue weighted by Gasteiger charge is 2.28. The highest BCUT2D eigenvalue weighted by atomic mass is 16.4. The Hall–Kier alpha value is -1.52. The Balaban J connectivity index is 2.61. The zero-order chi connectivity index (χ0) is 13.5. The van der Waals surface area contributed by atoms with Gasteiger partial charge in [0.25, 0.3) is 0 Å². The lowest BCUT2D eigenvalue weighted by molar-refractivity contribution is -0.139. The van der Waals surface area contributed by atoms with Crippen LogP contribution in [0.3, 0.4) is 0 Å². The minimum atomic E-state index is -1.02. The topological polar surface area (TPSA) is 69.6 Å². The second-order valence-corrected chi connectivity index (χ2v) is 4.62. The lowest BCUT2D eigenvalue weighted by Crippen LogP contribution is -2.52. The van der Waals surface area contributed by atoms with Gasteiger partial charge in [-0.3, -0.25) is 0 Å². The van der Waals surface area contributed by atoms with E-state index in [-0.39, 0.29) is 18.5 Å². The molecular formula is C13H22N2O3. The van der Waals surface area contributed by atoms with Crippen LogP contribution in [0.4, 0.5) is 4.79 Å². The number of carboxylic acid groups (broad SMARTS) is 1. The van der Waals surface area contributed by atoms with Crippen LogP contribution in [0.2, 0.25) is 0 Å². The Morgan fingerprint density at radius 3 is 2.83 bits per heavy atom. The Labute approximate surface area is 108 Å². The van der Waals surface area contributed by atoms with Gasteiger partial charge in [-0.05, 0) is 32.1 Å². The van der Waals surface area contributed by atoms with Gasteiger partial charge in [0.1, 0.15) is 6.04 Å². The molecule has 1 rings (SSSR count). The third kappa shape index (κ3) is 3.75. The van der Waals surface area contributed by atoms with Crippen LogP contribution < -0.4 is 5.32 Å². The molecule has 102 valence electrons. The van der Waals surface area contributed by atoms with E-state index < -0.39 is 12.0 Å². The number of hydrogen-bond acceptors (Lipinski definition) is 2. The number of carbonyl (C=O) groups is 2. The Kier molecular flexibility index (Phi) is 5.68. The molecule has 1 heterocycles. The van der Waals surface area contributed by atoms with Crippen molar-refractivity contribution in [3.63, 3.8) is 0 Å². The lowest BCUT2D eigenvalue weighted by Gasteiger charge is -2.35. The average molecular weight is 254 g/mol. The van der Waals surface area contributed by atoms with Crippen molar-refractivity contribution in [3.05, 3.63) is 12.7 Å². The van der Waals surface area contributed by atoms with E-state index in [0.717, 1.165) is 25.7 Å². The molecule has 1 aliphatic heterocycles. The fraction of sp³-hybridized carbons (Fsp3) is 0.692. The predicted molar refractivity (Wildman–Crippen MR) is 69.4 cm³/mol. The van der Waals surface area contributed by atoms with Gasteiger partial charge in [-0.1, -0.05) is 13.0 Å². The van der Waals surface area contributed by atoms with E-state index >= 15 is 0 Å². The summed E-state index contributed by atoms with van der Waals surface area (Å²) >= 11 is 0. The van der Waals surface area contributed by atoms with Crippen molar-refractivity contribution in [3.8, 4) is 0 Å². The molecule has 1 fully saturated rings. The normalized spacial score (nSPS) is 21.2. The summed E-state index contributed by atoms with van der Waals surface area (Å²) in [7, 11) is 0. The molecule has 0 saturated carbocycles. The molecule has 2 atom stereocenters. The van der Waals surface area contributed by atoms with Crippen molar-refractivity contribution in [2.45, 2.75) is 51.1 Å². The Bertz CT molecular complexity index is 317. The summed E-state index contributed by atoms with van der Waals surface area (Å²) in [6.07, 6.45) is 5.79. The molecule has 1 saturated heterocycles. The monoisotopic (exact) mass is 254 g/mol. The molecule has 0 aromatic heterocycles. The molecule has 5 heteroatoms. The predicted octanol–water partition coefficient (Wildman–Crippen LogP) is 1.99. The summed E-state index contributed by atoms with van der Waals surface area (Å²) in [5.74, 6) is -1.02. The van der Waals surface area contributed by atoms with E-state index in [1.807, 2.05) is 0 Å². The van der Waals surface area contributed by atoms with Gasteiger partial charge in [-0.2, -0.15) is 0 Å². The Morgan fingerprint density at radius 2 is 2.28 bits per heavy atom. The molecule has 2 N–H and O–H groups in total. The molecule has 0 aliphatic carbocycles. The van der Waals surface area contributed by atoms with Gasteiger partial charge in [-0.25, -0.2) is 9.59 Å². The number of hydrogen-bond donors (Lipinski definition) is 2. The number of rotatable bonds is 5. The van der Waals surface area contributed by atoms with Crippen LogP contribution in [0.1, 0.15) is 39.0 Å². The number of amides is 2. The van der Waals surface area contributed by atoms with Crippen LogP contribution in [0.15, 0.2) is 12.7 Å². The summed E-state index contributed by atoms with van der Waals surface area (Å²) in [6, 6.07) is -0.915. The van der Waals surface area contributed by atoms with Crippen molar-refractivity contribution in [1.29, 1.82) is 0 Å². The minimum Gasteiger partial charge on any atom is -0.480 e. The average Bonchev–Trinajstić information content (AvgIpc) is 2.37. The maximum atomic E-state index is 12.1. The number of carbonyl (C=O) groups excluding carboxylic acids is 1. The summed E-state index contributed by atoms with van der Waals surface area (Å²) in [6.45, 7) is 6.27. The maximum Gasteiger partial charge on any atom is 0.326 e. The summed E-state index contributed by atoms with van der Waals surface area (Å²) in [5, 5.41) is 11.6. The van der Waals surface area contributed by atoms with Gasteiger partial charge in [-0.15, -0.1) is 6.58 Å². The van der Waals surface area contributed by atoms with Gasteiger partial charge in [0, 0.05) is 12.6 Å². The quantitative estimate of drug-likeness (QED) is 0.737. The first-order chi connectivity index (χ1) is 8.60. The van der Waals surface area contributed by atoms with Crippen LogP contribution in [0.5, 0.6) is 0 Å². The molecule has 0 radical (unpaired) electrons. The molecule has 2 unspecified atom stereocenters. The first kappa shape index (κ1) is 14.5. The SMILES string of the molecule is C=CCC(NC(=O)N1CCCCC1CC)C(=O)O. The number of carboxylic acids is 1. The zero-order valence-electron chi connectivity index (χ0n) is 10.9. The number of nitrogens with zero attached hydrogens (tertiary/aromatic N) is 1. The van der Waals surface area contributed by atoms with Crippen LogP contribution in [-0.2, 0) is 4.79 Å². The molecule has 5 nitrogen and oxygen atoms in total. The van der Waals surface area contributed by atoms with Crippen LogP contribution in [0.25, 0.3) is 0 Å². The molecule has 0 aromatic carbocycles. The van der Waals surface area contributed by atoms with Crippen molar-refractivity contribution >= 4 is 12.0 Å². The summed E-state index contributed by atoms with van der Waals surface area (Å²) < 4.78 is 0. The number of aliphatic carboxylic acids is 1. The molecule has 2 amide bonds. The fourth-order valence-electron chi connectivity index (χ4n) is 2.31. The highest BCUT2D eigenvalue weighted by Crippen LogP contribution is 2.19. The Morgan fingerprint density at radius 1 is 1.56 bits per heavy atom. The maximum absolute atomic E-state index is 12.1. The molecule has 0 bridgehead atoms. The number of piperidine rings is 1. The highest BCUT2D eigenvalue weighted by molar-refractivity contribution is 5.82. The van der Waals surface area contributed by atoms with Crippen LogP contribution in [0, 0.1) is 0 Å². The largest absolute Gasteiger partial charge is 0.480 e. The molecule has 0 aromatic rings. The van der Waals surface area contributed by atoms with Crippen molar-refractivity contribution < 1.29 is 14.7 Å². The number of likely N-dealkylation sites (tertiary alicyclic amines) is 1. The summed E-state index contributed by atoms with van der Waals surface area (Å²) in [4.78, 5) is 24.8. The third-order valence-corrected chi connectivity index (χ3v) is 3.36. The first-order valence-electron chi connectivity index (χ1n) is 6.51. The fourth-order valence-corrected chi connectivity index (χ4v) is 2.31. The van der Waals surface area contributed by atoms with E-state index in [4.69, 9.17) is 5.11 Å². The van der Waals surface area contributed by atoms with E-state index in [9.17, 15) is 9.59 Å². The minimum absolute atomic E-state index is 0.233. The third-order valence-electron chi connectivity index (χ3n) is 3.36. The van der Waals surface area contributed by atoms with Gasteiger partial charge in [0.05, 0.1) is 0 Å². The zero-order valence-corrected chi connectivity index (χ0v) is 10.9. The van der Waals surface area contributed by atoms with Crippen molar-refractivity contribution in [1.82, 2.24) is 10.2 Å². The van der Waals surface area contributed by atoms with Crippen molar-refractivity contribution in [2.24, 2.45) is 0 Å². The summed E-state index contributed by atoms with van der Waals surface area (Å²) in [5.41, 5.74) is 0. The molecular weight excluding hydrogens is 232 g/mol. The van der Waals surface area contributed by atoms with E-state index in [2.05, 4.69) is 18.8 Å². The van der Waals surface area contributed by atoms with E-state index in [1.165, 1.54) is 6.08 Å². The van der Waals surface area contributed by atoms with Gasteiger partial charge in [0.2, 0.25) is 0 Å².